The van der Waals surface area contributed by atoms with Gasteiger partial charge in [0.2, 0.25) is 5.82 Å². The number of alkyl halides is 2. The Balaban J connectivity index is 2.17. The summed E-state index contributed by atoms with van der Waals surface area (Å²) in [6, 6.07) is 5.82. The van der Waals surface area contributed by atoms with Crippen molar-refractivity contribution in [3.8, 4) is 0 Å². The number of benzene rings is 1. The molecular weight excluding hydrogens is 294 g/mol. The van der Waals surface area contributed by atoms with E-state index in [-0.39, 0.29) is 17.8 Å². The number of rotatable bonds is 6. The van der Waals surface area contributed by atoms with Gasteiger partial charge in [-0.3, -0.25) is 10.1 Å². The number of nitrogens with zero attached hydrogens (tertiary/aromatic N) is 3. The number of halogens is 2. The van der Waals surface area contributed by atoms with Crippen LogP contribution in [0.15, 0.2) is 24.3 Å². The maximum absolute atomic E-state index is 12.5. The fraction of sp³-hybridized carbons (Fsp3) is 0.357. The highest BCUT2D eigenvalue weighted by Crippen LogP contribution is 2.29. The molecule has 0 saturated heterocycles. The largest absolute Gasteiger partial charge is 0.360 e. The van der Waals surface area contributed by atoms with E-state index < -0.39 is 11.3 Å². The van der Waals surface area contributed by atoms with Crippen LogP contribution in [-0.2, 0) is 20.0 Å². The molecular formula is C14H16F2N4O2. The van der Waals surface area contributed by atoms with Crippen molar-refractivity contribution in [2.45, 2.75) is 26.3 Å². The van der Waals surface area contributed by atoms with Gasteiger partial charge in [0.15, 0.2) is 0 Å². The number of hydrogen-bond acceptors (Lipinski definition) is 4. The van der Waals surface area contributed by atoms with Crippen LogP contribution >= 0.6 is 0 Å². The standard InChI is InChI=1S/C14H16F2N4O2/c1-3-11-12(20(21)22)14(19(2)18-11)17-8-9-4-6-10(7-5-9)13(15)16/h4-7,13,17H,3,8H2,1-2H3. The summed E-state index contributed by atoms with van der Waals surface area (Å²) in [6.07, 6.45) is -2.05. The second-order valence-electron chi connectivity index (χ2n) is 4.77. The van der Waals surface area contributed by atoms with Gasteiger partial charge in [-0.1, -0.05) is 31.2 Å². The lowest BCUT2D eigenvalue weighted by Gasteiger charge is -2.07. The summed E-state index contributed by atoms with van der Waals surface area (Å²) in [5.74, 6) is 0.305. The van der Waals surface area contributed by atoms with E-state index in [1.54, 1.807) is 26.1 Å². The molecule has 0 amide bonds. The van der Waals surface area contributed by atoms with E-state index in [4.69, 9.17) is 0 Å². The van der Waals surface area contributed by atoms with Crippen LogP contribution in [0.5, 0.6) is 0 Å². The molecule has 8 heteroatoms. The molecule has 0 saturated carbocycles. The average Bonchev–Trinajstić information content (AvgIpc) is 2.81. The van der Waals surface area contributed by atoms with Crippen LogP contribution in [-0.4, -0.2) is 14.7 Å². The number of aryl methyl sites for hydroxylation is 2. The number of nitro groups is 1. The van der Waals surface area contributed by atoms with Crippen LogP contribution in [0.3, 0.4) is 0 Å². The fourth-order valence-electron chi connectivity index (χ4n) is 2.16. The van der Waals surface area contributed by atoms with Gasteiger partial charge in [0.25, 0.3) is 6.43 Å². The fourth-order valence-corrected chi connectivity index (χ4v) is 2.16. The van der Waals surface area contributed by atoms with E-state index in [1.807, 2.05) is 0 Å². The van der Waals surface area contributed by atoms with Crippen molar-refractivity contribution in [2.24, 2.45) is 7.05 Å². The highest BCUT2D eigenvalue weighted by atomic mass is 19.3. The van der Waals surface area contributed by atoms with Crippen molar-refractivity contribution >= 4 is 11.5 Å². The van der Waals surface area contributed by atoms with Crippen molar-refractivity contribution in [1.82, 2.24) is 9.78 Å². The van der Waals surface area contributed by atoms with Crippen LogP contribution in [0.1, 0.15) is 30.2 Å². The van der Waals surface area contributed by atoms with E-state index in [9.17, 15) is 18.9 Å². The van der Waals surface area contributed by atoms with Gasteiger partial charge >= 0.3 is 5.69 Å². The molecule has 0 aliphatic carbocycles. The van der Waals surface area contributed by atoms with Crippen molar-refractivity contribution in [2.75, 3.05) is 5.32 Å². The maximum atomic E-state index is 12.5. The van der Waals surface area contributed by atoms with Gasteiger partial charge in [-0.25, -0.2) is 13.5 Å². The highest BCUT2D eigenvalue weighted by Gasteiger charge is 2.25. The Morgan fingerprint density at radius 3 is 2.50 bits per heavy atom. The molecule has 0 unspecified atom stereocenters. The summed E-state index contributed by atoms with van der Waals surface area (Å²) in [5, 5.41) is 18.2. The van der Waals surface area contributed by atoms with Gasteiger partial charge in [-0.2, -0.15) is 5.10 Å². The van der Waals surface area contributed by atoms with Crippen LogP contribution in [0, 0.1) is 10.1 Å². The van der Waals surface area contributed by atoms with Gasteiger partial charge in [-0.15, -0.1) is 0 Å². The zero-order chi connectivity index (χ0) is 16.3. The van der Waals surface area contributed by atoms with E-state index in [0.717, 1.165) is 5.56 Å². The van der Waals surface area contributed by atoms with Crippen molar-refractivity contribution in [3.05, 3.63) is 51.2 Å². The average molecular weight is 310 g/mol. The monoisotopic (exact) mass is 310 g/mol. The van der Waals surface area contributed by atoms with Crippen molar-refractivity contribution in [3.63, 3.8) is 0 Å². The predicted molar refractivity (Wildman–Crippen MR) is 78.0 cm³/mol. The SMILES string of the molecule is CCc1nn(C)c(NCc2ccc(C(F)F)cc2)c1[N+](=O)[O-]. The van der Waals surface area contributed by atoms with Crippen molar-refractivity contribution in [1.29, 1.82) is 0 Å². The van der Waals surface area contributed by atoms with E-state index >= 15 is 0 Å². The zero-order valence-corrected chi connectivity index (χ0v) is 12.2. The third-order valence-corrected chi connectivity index (χ3v) is 3.30. The minimum atomic E-state index is -2.51. The number of aromatic nitrogens is 2. The van der Waals surface area contributed by atoms with Gasteiger partial charge in [0.05, 0.1) is 4.92 Å². The second-order valence-corrected chi connectivity index (χ2v) is 4.77. The van der Waals surface area contributed by atoms with Gasteiger partial charge in [0, 0.05) is 19.2 Å². The first kappa shape index (κ1) is 15.9. The lowest BCUT2D eigenvalue weighted by molar-refractivity contribution is -0.384. The Bertz CT molecular complexity index is 668. The van der Waals surface area contributed by atoms with E-state index in [2.05, 4.69) is 10.4 Å². The molecule has 2 aromatic rings. The predicted octanol–water partition coefficient (Wildman–Crippen LogP) is 3.44. The first-order valence-corrected chi connectivity index (χ1v) is 6.75. The molecule has 0 bridgehead atoms. The first-order chi connectivity index (χ1) is 10.4. The topological polar surface area (TPSA) is 73.0 Å². The molecule has 0 spiro atoms. The molecule has 0 fully saturated rings. The minimum Gasteiger partial charge on any atom is -0.360 e. The maximum Gasteiger partial charge on any atom is 0.333 e. The van der Waals surface area contributed by atoms with E-state index in [1.165, 1.54) is 16.8 Å². The molecule has 2 rings (SSSR count). The molecule has 0 aliphatic heterocycles. The van der Waals surface area contributed by atoms with E-state index in [0.29, 0.717) is 17.9 Å². The highest BCUT2D eigenvalue weighted by molar-refractivity contribution is 5.60. The summed E-state index contributed by atoms with van der Waals surface area (Å²) < 4.78 is 26.4. The Morgan fingerprint density at radius 2 is 2.00 bits per heavy atom. The van der Waals surface area contributed by atoms with Crippen LogP contribution in [0.25, 0.3) is 0 Å². The minimum absolute atomic E-state index is 0.0470. The Labute approximate surface area is 125 Å². The Kier molecular flexibility index (Phi) is 4.69. The van der Waals surface area contributed by atoms with Crippen LogP contribution < -0.4 is 5.32 Å². The zero-order valence-electron chi connectivity index (χ0n) is 12.2. The lowest BCUT2D eigenvalue weighted by atomic mass is 10.1. The van der Waals surface area contributed by atoms with Gasteiger partial charge in [0.1, 0.15) is 5.69 Å². The van der Waals surface area contributed by atoms with Crippen LogP contribution in [0.2, 0.25) is 0 Å². The molecule has 1 N–H and O–H groups in total. The van der Waals surface area contributed by atoms with Gasteiger partial charge in [-0.05, 0) is 12.0 Å². The third-order valence-electron chi connectivity index (χ3n) is 3.30. The molecule has 0 atom stereocenters. The summed E-state index contributed by atoms with van der Waals surface area (Å²) in [6.45, 7) is 2.08. The lowest BCUT2D eigenvalue weighted by Crippen LogP contribution is -2.06. The quantitative estimate of drug-likeness (QED) is 0.655. The smallest absolute Gasteiger partial charge is 0.333 e. The molecule has 1 heterocycles. The molecule has 0 aliphatic rings. The first-order valence-electron chi connectivity index (χ1n) is 6.75. The molecule has 22 heavy (non-hydrogen) atoms. The normalized spacial score (nSPS) is 11.0. The number of nitrogens with one attached hydrogen (secondary N) is 1. The number of anilines is 1. The molecule has 0 radical (unpaired) electrons. The van der Waals surface area contributed by atoms with Crippen molar-refractivity contribution < 1.29 is 13.7 Å². The number of hydrogen-bond donors (Lipinski definition) is 1. The summed E-state index contributed by atoms with van der Waals surface area (Å²) in [5.41, 5.74) is 1.05. The summed E-state index contributed by atoms with van der Waals surface area (Å²) >= 11 is 0. The van der Waals surface area contributed by atoms with Crippen LogP contribution in [0.4, 0.5) is 20.3 Å². The second kappa shape index (κ2) is 6.50. The molecule has 118 valence electrons. The molecule has 1 aromatic heterocycles. The molecule has 6 nitrogen and oxygen atoms in total. The summed E-state index contributed by atoms with van der Waals surface area (Å²) in [7, 11) is 1.62. The molecule has 1 aromatic carbocycles. The Hall–Kier alpha value is -2.51. The Morgan fingerprint density at radius 1 is 1.36 bits per heavy atom. The third kappa shape index (κ3) is 3.21. The summed E-state index contributed by atoms with van der Waals surface area (Å²) in [4.78, 5) is 10.7. The van der Waals surface area contributed by atoms with Gasteiger partial charge < -0.3 is 5.32 Å².